The van der Waals surface area contributed by atoms with Crippen molar-refractivity contribution in [1.82, 2.24) is 4.90 Å². The number of halogens is 1. The van der Waals surface area contributed by atoms with Crippen LogP contribution in [0.15, 0.2) is 0 Å². The number of rotatable bonds is 5. The highest BCUT2D eigenvalue weighted by molar-refractivity contribution is 6.17. The summed E-state index contributed by atoms with van der Waals surface area (Å²) in [4.78, 5) is 2.80. The van der Waals surface area contributed by atoms with Gasteiger partial charge in [0.15, 0.2) is 0 Å². The van der Waals surface area contributed by atoms with Crippen molar-refractivity contribution in [3.8, 4) is 0 Å². The standard InChI is InChI=1S/C15H28ClN/c1-13(8-10-16)9-12-17-11-4-6-14-5-2-3-7-15(14)17/h13-15H,2-12H2,1H3. The van der Waals surface area contributed by atoms with Crippen molar-refractivity contribution < 1.29 is 0 Å². The third kappa shape index (κ3) is 3.86. The zero-order valence-electron chi connectivity index (χ0n) is 11.3. The maximum Gasteiger partial charge on any atom is 0.0225 e. The van der Waals surface area contributed by atoms with E-state index in [-0.39, 0.29) is 0 Å². The van der Waals surface area contributed by atoms with Crippen LogP contribution >= 0.6 is 11.6 Å². The van der Waals surface area contributed by atoms with Crippen molar-refractivity contribution in [2.24, 2.45) is 11.8 Å². The van der Waals surface area contributed by atoms with Crippen LogP contribution in [0.1, 0.15) is 58.3 Å². The molecule has 0 aromatic heterocycles. The molecule has 1 saturated heterocycles. The number of likely N-dealkylation sites (tertiary alicyclic amines) is 1. The van der Waals surface area contributed by atoms with Crippen LogP contribution in [0.3, 0.4) is 0 Å². The van der Waals surface area contributed by atoms with Crippen LogP contribution < -0.4 is 0 Å². The summed E-state index contributed by atoms with van der Waals surface area (Å²) in [5, 5.41) is 0. The predicted octanol–water partition coefficient (Wildman–Crippen LogP) is 4.30. The molecule has 2 aliphatic rings. The Hall–Kier alpha value is 0.250. The van der Waals surface area contributed by atoms with Crippen molar-refractivity contribution in [3.05, 3.63) is 0 Å². The number of nitrogens with zero attached hydrogens (tertiary/aromatic N) is 1. The molecule has 0 spiro atoms. The van der Waals surface area contributed by atoms with Gasteiger partial charge in [-0.1, -0.05) is 19.8 Å². The van der Waals surface area contributed by atoms with E-state index in [9.17, 15) is 0 Å². The molecule has 0 radical (unpaired) electrons. The molecule has 100 valence electrons. The minimum absolute atomic E-state index is 0.802. The molecule has 1 nitrogen and oxygen atoms in total. The van der Waals surface area contributed by atoms with E-state index in [0.717, 1.165) is 23.8 Å². The van der Waals surface area contributed by atoms with Gasteiger partial charge < -0.3 is 4.90 Å². The van der Waals surface area contributed by atoms with Crippen LogP contribution in [-0.4, -0.2) is 29.9 Å². The second kappa shape index (κ2) is 6.99. The number of fused-ring (bicyclic) bond motifs is 1. The Bertz CT molecular complexity index is 217. The van der Waals surface area contributed by atoms with Gasteiger partial charge in [-0.3, -0.25) is 0 Å². The van der Waals surface area contributed by atoms with Gasteiger partial charge in [-0.05, 0) is 63.5 Å². The topological polar surface area (TPSA) is 3.24 Å². The molecule has 1 aliphatic heterocycles. The van der Waals surface area contributed by atoms with Crippen LogP contribution in [0.2, 0.25) is 0 Å². The predicted molar refractivity (Wildman–Crippen MR) is 75.7 cm³/mol. The van der Waals surface area contributed by atoms with Crippen LogP contribution in [0.5, 0.6) is 0 Å². The van der Waals surface area contributed by atoms with Crippen molar-refractivity contribution in [1.29, 1.82) is 0 Å². The molecule has 0 aromatic carbocycles. The molecular formula is C15H28ClN. The van der Waals surface area contributed by atoms with Gasteiger partial charge in [-0.25, -0.2) is 0 Å². The molecule has 0 N–H and O–H groups in total. The first kappa shape index (κ1) is 13.7. The first-order valence-corrected chi connectivity index (χ1v) is 8.14. The van der Waals surface area contributed by atoms with Crippen molar-refractivity contribution in [2.75, 3.05) is 19.0 Å². The van der Waals surface area contributed by atoms with Crippen molar-refractivity contribution in [2.45, 2.75) is 64.3 Å². The van der Waals surface area contributed by atoms with Gasteiger partial charge in [0.25, 0.3) is 0 Å². The third-order valence-electron chi connectivity index (χ3n) is 4.87. The Labute approximate surface area is 112 Å². The van der Waals surface area contributed by atoms with Gasteiger partial charge >= 0.3 is 0 Å². The highest BCUT2D eigenvalue weighted by Crippen LogP contribution is 2.35. The molecule has 1 saturated carbocycles. The van der Waals surface area contributed by atoms with Crippen LogP contribution in [0, 0.1) is 11.8 Å². The zero-order chi connectivity index (χ0) is 12.1. The zero-order valence-corrected chi connectivity index (χ0v) is 12.1. The Balaban J connectivity index is 1.78. The lowest BCUT2D eigenvalue weighted by Gasteiger charge is -2.44. The molecule has 0 amide bonds. The molecule has 3 unspecified atom stereocenters. The lowest BCUT2D eigenvalue weighted by atomic mass is 9.78. The molecule has 1 heterocycles. The van der Waals surface area contributed by atoms with Crippen LogP contribution in [0.25, 0.3) is 0 Å². The maximum absolute atomic E-state index is 5.82. The van der Waals surface area contributed by atoms with Crippen molar-refractivity contribution in [3.63, 3.8) is 0 Å². The lowest BCUT2D eigenvalue weighted by Crippen LogP contribution is -2.47. The molecule has 17 heavy (non-hydrogen) atoms. The van der Waals surface area contributed by atoms with E-state index in [1.54, 1.807) is 0 Å². The van der Waals surface area contributed by atoms with Gasteiger partial charge in [0.2, 0.25) is 0 Å². The molecule has 0 aromatic rings. The maximum atomic E-state index is 5.82. The number of hydrogen-bond acceptors (Lipinski definition) is 1. The minimum atomic E-state index is 0.802. The van der Waals surface area contributed by atoms with Crippen LogP contribution in [0.4, 0.5) is 0 Å². The summed E-state index contributed by atoms with van der Waals surface area (Å²) in [6.45, 7) is 5.03. The first-order chi connectivity index (χ1) is 8.31. The number of hydrogen-bond donors (Lipinski definition) is 0. The Morgan fingerprint density at radius 3 is 2.71 bits per heavy atom. The van der Waals surface area contributed by atoms with E-state index in [1.807, 2.05) is 0 Å². The van der Waals surface area contributed by atoms with Gasteiger partial charge in [0.1, 0.15) is 0 Å². The first-order valence-electron chi connectivity index (χ1n) is 7.61. The van der Waals surface area contributed by atoms with E-state index in [0.29, 0.717) is 0 Å². The number of alkyl halides is 1. The average molecular weight is 258 g/mol. The Morgan fingerprint density at radius 2 is 1.88 bits per heavy atom. The fourth-order valence-electron chi connectivity index (χ4n) is 3.72. The molecule has 3 atom stereocenters. The van der Waals surface area contributed by atoms with E-state index < -0.39 is 0 Å². The highest BCUT2D eigenvalue weighted by atomic mass is 35.5. The SMILES string of the molecule is CC(CCCl)CCN1CCCC2CCCCC21. The highest BCUT2D eigenvalue weighted by Gasteiger charge is 2.32. The largest absolute Gasteiger partial charge is 0.300 e. The second-order valence-corrected chi connectivity index (χ2v) is 6.54. The molecule has 2 heteroatoms. The third-order valence-corrected chi connectivity index (χ3v) is 5.09. The molecular weight excluding hydrogens is 230 g/mol. The second-order valence-electron chi connectivity index (χ2n) is 6.16. The normalized spacial score (nSPS) is 32.1. The summed E-state index contributed by atoms with van der Waals surface area (Å²) in [5.41, 5.74) is 0. The van der Waals surface area contributed by atoms with E-state index >= 15 is 0 Å². The smallest absolute Gasteiger partial charge is 0.0225 e. The summed E-state index contributed by atoms with van der Waals surface area (Å²) in [5.74, 6) is 2.66. The Morgan fingerprint density at radius 1 is 1.12 bits per heavy atom. The van der Waals surface area contributed by atoms with Gasteiger partial charge in [0.05, 0.1) is 0 Å². The summed E-state index contributed by atoms with van der Waals surface area (Å²) in [7, 11) is 0. The van der Waals surface area contributed by atoms with E-state index in [4.69, 9.17) is 11.6 Å². The van der Waals surface area contributed by atoms with Crippen molar-refractivity contribution >= 4 is 11.6 Å². The van der Waals surface area contributed by atoms with Crippen LogP contribution in [-0.2, 0) is 0 Å². The van der Waals surface area contributed by atoms with Gasteiger partial charge in [0, 0.05) is 11.9 Å². The van der Waals surface area contributed by atoms with Gasteiger partial charge in [-0.15, -0.1) is 11.6 Å². The summed E-state index contributed by atoms with van der Waals surface area (Å²) in [6.07, 6.45) is 11.4. The molecule has 1 aliphatic carbocycles. The fraction of sp³-hybridized carbons (Fsp3) is 1.00. The Kier molecular flexibility index (Phi) is 5.62. The number of piperidine rings is 1. The average Bonchev–Trinajstić information content (AvgIpc) is 2.36. The summed E-state index contributed by atoms with van der Waals surface area (Å²) < 4.78 is 0. The fourth-order valence-corrected chi connectivity index (χ4v) is 4.09. The molecule has 0 bridgehead atoms. The van der Waals surface area contributed by atoms with E-state index in [1.165, 1.54) is 64.5 Å². The quantitative estimate of drug-likeness (QED) is 0.664. The summed E-state index contributed by atoms with van der Waals surface area (Å²) >= 11 is 5.82. The lowest BCUT2D eigenvalue weighted by molar-refractivity contribution is 0.0568. The monoisotopic (exact) mass is 257 g/mol. The van der Waals surface area contributed by atoms with Gasteiger partial charge in [-0.2, -0.15) is 0 Å². The molecule has 2 rings (SSSR count). The molecule has 2 fully saturated rings. The minimum Gasteiger partial charge on any atom is -0.300 e. The van der Waals surface area contributed by atoms with E-state index in [2.05, 4.69) is 11.8 Å². The summed E-state index contributed by atoms with van der Waals surface area (Å²) in [6, 6.07) is 0.931.